The topological polar surface area (TPSA) is 40.5 Å². The van der Waals surface area contributed by atoms with E-state index >= 15 is 0 Å². The van der Waals surface area contributed by atoms with Gasteiger partial charge in [0.2, 0.25) is 0 Å². The largest absolute Gasteiger partial charge is 0.365 e. The molecule has 0 saturated heterocycles. The van der Waals surface area contributed by atoms with Crippen LogP contribution in [0.15, 0.2) is 0 Å². The van der Waals surface area contributed by atoms with Gasteiger partial charge < -0.3 is 10.2 Å². The average molecular weight is 160 g/mol. The van der Waals surface area contributed by atoms with E-state index in [4.69, 9.17) is 0 Å². The molecule has 0 aliphatic heterocycles. The lowest BCUT2D eigenvalue weighted by Gasteiger charge is -2.35. The van der Waals surface area contributed by atoms with Crippen LogP contribution in [0.4, 0.5) is 0 Å². The molecule has 0 aliphatic rings. The zero-order chi connectivity index (χ0) is 9.12. The third kappa shape index (κ3) is 3.21. The number of hydrogen-bond acceptors (Lipinski definition) is 2. The molecule has 0 fully saturated rings. The Morgan fingerprint density at radius 2 is 1.55 bits per heavy atom. The summed E-state index contributed by atoms with van der Waals surface area (Å²) in [5.41, 5.74) is -0.400. The summed E-state index contributed by atoms with van der Waals surface area (Å²) in [5.74, 6) is -1.55. The molecule has 68 valence electrons. The fourth-order valence-electron chi connectivity index (χ4n) is 0.856. The van der Waals surface area contributed by atoms with E-state index < -0.39 is 11.2 Å². The first-order valence-electron chi connectivity index (χ1n) is 4.26. The monoisotopic (exact) mass is 160 g/mol. The van der Waals surface area contributed by atoms with Gasteiger partial charge in [-0.3, -0.25) is 0 Å². The number of unbranched alkanes of at least 4 members (excludes halogenated alkanes) is 1. The molecule has 2 heteroatoms. The Morgan fingerprint density at radius 3 is 1.82 bits per heavy atom. The Balaban J connectivity index is 4.00. The molecule has 0 aromatic heterocycles. The van der Waals surface area contributed by atoms with Gasteiger partial charge in [0.15, 0.2) is 5.79 Å². The average Bonchev–Trinajstić information content (AvgIpc) is 1.81. The van der Waals surface area contributed by atoms with Gasteiger partial charge in [-0.2, -0.15) is 0 Å². The van der Waals surface area contributed by atoms with Crippen LogP contribution in [0.2, 0.25) is 0 Å². The highest BCUT2D eigenvalue weighted by Crippen LogP contribution is 2.33. The minimum Gasteiger partial charge on any atom is -0.365 e. The Kier molecular flexibility index (Phi) is 3.52. The first kappa shape index (κ1) is 10.9. The summed E-state index contributed by atoms with van der Waals surface area (Å²) < 4.78 is 0. The van der Waals surface area contributed by atoms with Crippen molar-refractivity contribution in [1.82, 2.24) is 0 Å². The van der Waals surface area contributed by atoms with Crippen LogP contribution < -0.4 is 0 Å². The van der Waals surface area contributed by atoms with Gasteiger partial charge in [0, 0.05) is 5.41 Å². The quantitative estimate of drug-likeness (QED) is 0.617. The summed E-state index contributed by atoms with van der Waals surface area (Å²) in [6.07, 6.45) is 3.00. The van der Waals surface area contributed by atoms with Crippen molar-refractivity contribution in [3.63, 3.8) is 0 Å². The van der Waals surface area contributed by atoms with Crippen molar-refractivity contribution < 1.29 is 10.2 Å². The van der Waals surface area contributed by atoms with Crippen LogP contribution >= 0.6 is 0 Å². The third-order valence-corrected chi connectivity index (χ3v) is 2.44. The first-order valence-corrected chi connectivity index (χ1v) is 4.26. The molecule has 0 aromatic carbocycles. The third-order valence-electron chi connectivity index (χ3n) is 2.44. The van der Waals surface area contributed by atoms with Crippen LogP contribution in [0, 0.1) is 5.41 Å². The van der Waals surface area contributed by atoms with Gasteiger partial charge in [0.1, 0.15) is 0 Å². The molecule has 0 aliphatic carbocycles. The normalized spacial score (nSPS) is 13.6. The maximum Gasteiger partial charge on any atom is 0.164 e. The van der Waals surface area contributed by atoms with Crippen LogP contribution in [-0.2, 0) is 0 Å². The van der Waals surface area contributed by atoms with E-state index in [1.165, 1.54) is 6.92 Å². The number of aliphatic hydroxyl groups is 2. The zero-order valence-electron chi connectivity index (χ0n) is 8.02. The molecule has 0 aromatic rings. The van der Waals surface area contributed by atoms with Gasteiger partial charge in [0.25, 0.3) is 0 Å². The van der Waals surface area contributed by atoms with E-state index in [1.807, 2.05) is 13.8 Å². The highest BCUT2D eigenvalue weighted by Gasteiger charge is 2.36. The summed E-state index contributed by atoms with van der Waals surface area (Å²) in [7, 11) is 0. The second-order valence-electron chi connectivity index (χ2n) is 4.01. The van der Waals surface area contributed by atoms with Crippen LogP contribution in [-0.4, -0.2) is 16.0 Å². The molecule has 0 heterocycles. The Hall–Kier alpha value is -0.0800. The lowest BCUT2D eigenvalue weighted by molar-refractivity contribution is -0.221. The molecule has 0 atom stereocenters. The summed E-state index contributed by atoms with van der Waals surface area (Å²) in [5, 5.41) is 18.7. The van der Waals surface area contributed by atoms with Crippen molar-refractivity contribution in [3.8, 4) is 0 Å². The predicted molar refractivity (Wildman–Crippen MR) is 46.1 cm³/mol. The van der Waals surface area contributed by atoms with E-state index in [0.29, 0.717) is 0 Å². The molecule has 0 rings (SSSR count). The van der Waals surface area contributed by atoms with E-state index in [-0.39, 0.29) is 0 Å². The van der Waals surface area contributed by atoms with Gasteiger partial charge in [-0.25, -0.2) is 0 Å². The Labute approximate surface area is 69.2 Å². The van der Waals surface area contributed by atoms with Gasteiger partial charge in [-0.05, 0) is 13.3 Å². The fraction of sp³-hybridized carbons (Fsp3) is 1.00. The maximum atomic E-state index is 9.33. The molecule has 0 bridgehead atoms. The zero-order valence-corrected chi connectivity index (χ0v) is 8.02. The van der Waals surface area contributed by atoms with Crippen molar-refractivity contribution in [3.05, 3.63) is 0 Å². The molecule has 0 radical (unpaired) electrons. The summed E-state index contributed by atoms with van der Waals surface area (Å²) >= 11 is 0. The van der Waals surface area contributed by atoms with E-state index in [1.54, 1.807) is 0 Å². The summed E-state index contributed by atoms with van der Waals surface area (Å²) in [6.45, 7) is 7.30. The maximum absolute atomic E-state index is 9.33. The van der Waals surface area contributed by atoms with E-state index in [9.17, 15) is 10.2 Å². The summed E-state index contributed by atoms with van der Waals surface area (Å²) in [6, 6.07) is 0. The standard InChI is InChI=1S/C9H20O2/c1-5-6-7-8(2,3)9(4,10)11/h10-11H,5-7H2,1-4H3. The molecule has 2 nitrogen and oxygen atoms in total. The smallest absolute Gasteiger partial charge is 0.164 e. The van der Waals surface area contributed by atoms with Crippen molar-refractivity contribution in [2.75, 3.05) is 0 Å². The van der Waals surface area contributed by atoms with Gasteiger partial charge in [-0.1, -0.05) is 33.6 Å². The molecule has 0 spiro atoms. The highest BCUT2D eigenvalue weighted by molar-refractivity contribution is 4.79. The highest BCUT2D eigenvalue weighted by atomic mass is 16.5. The second kappa shape index (κ2) is 3.55. The molecule has 0 amide bonds. The van der Waals surface area contributed by atoms with Gasteiger partial charge in [0.05, 0.1) is 0 Å². The van der Waals surface area contributed by atoms with Gasteiger partial charge >= 0.3 is 0 Å². The van der Waals surface area contributed by atoms with E-state index in [2.05, 4.69) is 6.92 Å². The van der Waals surface area contributed by atoms with E-state index in [0.717, 1.165) is 19.3 Å². The SMILES string of the molecule is CCCCC(C)(C)C(C)(O)O. The van der Waals surface area contributed by atoms with Gasteiger partial charge in [-0.15, -0.1) is 0 Å². The Bertz CT molecular complexity index is 111. The van der Waals surface area contributed by atoms with Crippen molar-refractivity contribution in [1.29, 1.82) is 0 Å². The minimum atomic E-state index is -1.55. The molecule has 0 saturated carbocycles. The number of rotatable bonds is 4. The first-order chi connectivity index (χ1) is 4.81. The predicted octanol–water partition coefficient (Wildman–Crippen LogP) is 1.90. The lowest BCUT2D eigenvalue weighted by Crippen LogP contribution is -2.41. The molecule has 11 heavy (non-hydrogen) atoms. The Morgan fingerprint density at radius 1 is 1.09 bits per heavy atom. The minimum absolute atomic E-state index is 0.400. The summed E-state index contributed by atoms with van der Waals surface area (Å²) in [4.78, 5) is 0. The van der Waals surface area contributed by atoms with Crippen molar-refractivity contribution >= 4 is 0 Å². The van der Waals surface area contributed by atoms with Crippen LogP contribution in [0.5, 0.6) is 0 Å². The lowest BCUT2D eigenvalue weighted by atomic mass is 9.80. The van der Waals surface area contributed by atoms with Crippen LogP contribution in [0.1, 0.15) is 47.0 Å². The van der Waals surface area contributed by atoms with Crippen molar-refractivity contribution in [2.24, 2.45) is 5.41 Å². The number of hydrogen-bond donors (Lipinski definition) is 2. The molecular weight excluding hydrogens is 140 g/mol. The van der Waals surface area contributed by atoms with Crippen LogP contribution in [0.25, 0.3) is 0 Å². The van der Waals surface area contributed by atoms with Crippen LogP contribution in [0.3, 0.4) is 0 Å². The van der Waals surface area contributed by atoms with Crippen molar-refractivity contribution in [2.45, 2.75) is 52.7 Å². The molecular formula is C9H20O2. The molecule has 0 unspecified atom stereocenters. The molecule has 2 N–H and O–H groups in total. The second-order valence-corrected chi connectivity index (χ2v) is 4.01. The fourth-order valence-corrected chi connectivity index (χ4v) is 0.856.